The first-order valence-corrected chi connectivity index (χ1v) is 5.90. The number of hydrogen-bond donors (Lipinski definition) is 1. The Morgan fingerprint density at radius 1 is 1.29 bits per heavy atom. The van der Waals surface area contributed by atoms with Crippen LogP contribution in [0.5, 0.6) is 0 Å². The number of hydrogen-bond acceptors (Lipinski definition) is 2. The molecule has 0 radical (unpaired) electrons. The average molecular weight is 201 g/mol. The van der Waals surface area contributed by atoms with E-state index in [2.05, 4.69) is 33.2 Å². The maximum Gasteiger partial charge on any atom is 0.0813 e. The Kier molecular flexibility index (Phi) is 6.38. The van der Waals surface area contributed by atoms with E-state index in [4.69, 9.17) is 4.84 Å². The summed E-state index contributed by atoms with van der Waals surface area (Å²) in [6, 6.07) is 0. The Morgan fingerprint density at radius 2 is 1.86 bits per heavy atom. The number of nitrogens with one attached hydrogen (secondary N) is 1. The lowest BCUT2D eigenvalue weighted by Gasteiger charge is -2.20. The first-order valence-electron chi connectivity index (χ1n) is 5.90. The summed E-state index contributed by atoms with van der Waals surface area (Å²) >= 11 is 0. The lowest BCUT2D eigenvalue weighted by molar-refractivity contribution is -0.0430. The van der Waals surface area contributed by atoms with Crippen molar-refractivity contribution in [2.24, 2.45) is 11.3 Å². The van der Waals surface area contributed by atoms with Gasteiger partial charge < -0.3 is 0 Å². The fraction of sp³-hybridized carbons (Fsp3) is 1.00. The summed E-state index contributed by atoms with van der Waals surface area (Å²) in [7, 11) is 0. The van der Waals surface area contributed by atoms with Gasteiger partial charge in [0.15, 0.2) is 0 Å². The molecule has 1 N–H and O–H groups in total. The van der Waals surface area contributed by atoms with Crippen LogP contribution in [-0.4, -0.2) is 12.6 Å². The molecule has 1 saturated heterocycles. The van der Waals surface area contributed by atoms with E-state index in [1.807, 2.05) is 13.8 Å². The van der Waals surface area contributed by atoms with Crippen LogP contribution in [0.1, 0.15) is 54.4 Å². The van der Waals surface area contributed by atoms with Crippen LogP contribution in [0.2, 0.25) is 0 Å². The predicted octanol–water partition coefficient (Wildman–Crippen LogP) is 3.38. The summed E-state index contributed by atoms with van der Waals surface area (Å²) in [5.74, 6) is 0.617. The fourth-order valence-corrected chi connectivity index (χ4v) is 1.49. The van der Waals surface area contributed by atoms with Crippen LogP contribution in [0.15, 0.2) is 0 Å². The molecule has 1 unspecified atom stereocenters. The van der Waals surface area contributed by atoms with Crippen molar-refractivity contribution in [3.05, 3.63) is 0 Å². The second-order valence-electron chi connectivity index (χ2n) is 4.92. The molecule has 0 aromatic rings. The largest absolute Gasteiger partial charge is 0.298 e. The van der Waals surface area contributed by atoms with Gasteiger partial charge in [-0.2, -0.15) is 0 Å². The zero-order chi connectivity index (χ0) is 11.2. The Labute approximate surface area is 89.4 Å². The van der Waals surface area contributed by atoms with Crippen molar-refractivity contribution in [2.45, 2.75) is 60.5 Å². The lowest BCUT2D eigenvalue weighted by atomic mass is 9.86. The first-order chi connectivity index (χ1) is 6.51. The lowest BCUT2D eigenvalue weighted by Crippen LogP contribution is -2.28. The van der Waals surface area contributed by atoms with Gasteiger partial charge in [-0.15, -0.1) is 0 Å². The molecular formula is C12H27NO. The van der Waals surface area contributed by atoms with Crippen molar-refractivity contribution < 1.29 is 4.84 Å². The first kappa shape index (κ1) is 13.9. The highest BCUT2D eigenvalue weighted by Gasteiger charge is 2.26. The smallest absolute Gasteiger partial charge is 0.0813 e. The molecule has 2 nitrogen and oxygen atoms in total. The quantitative estimate of drug-likeness (QED) is 0.702. The molecule has 1 heterocycles. The van der Waals surface area contributed by atoms with E-state index < -0.39 is 0 Å². The van der Waals surface area contributed by atoms with E-state index in [-0.39, 0.29) is 0 Å². The minimum atomic E-state index is 0.393. The summed E-state index contributed by atoms with van der Waals surface area (Å²) in [5, 5.41) is 0. The van der Waals surface area contributed by atoms with Crippen molar-refractivity contribution in [1.29, 1.82) is 0 Å². The maximum atomic E-state index is 5.55. The van der Waals surface area contributed by atoms with Gasteiger partial charge in [-0.1, -0.05) is 41.5 Å². The van der Waals surface area contributed by atoms with Gasteiger partial charge in [-0.05, 0) is 24.2 Å². The third-order valence-electron chi connectivity index (χ3n) is 2.63. The van der Waals surface area contributed by atoms with Crippen molar-refractivity contribution >= 4 is 0 Å². The fourth-order valence-electron chi connectivity index (χ4n) is 1.49. The van der Waals surface area contributed by atoms with Crippen LogP contribution in [0.25, 0.3) is 0 Å². The Balaban J connectivity index is 0.000000791. The van der Waals surface area contributed by atoms with Crippen molar-refractivity contribution in [2.75, 3.05) is 6.54 Å². The van der Waals surface area contributed by atoms with E-state index >= 15 is 0 Å². The maximum absolute atomic E-state index is 5.55. The molecule has 0 spiro atoms. The summed E-state index contributed by atoms with van der Waals surface area (Å²) in [6.45, 7) is 14.0. The minimum absolute atomic E-state index is 0.393. The molecule has 0 aliphatic carbocycles. The van der Waals surface area contributed by atoms with E-state index in [1.165, 1.54) is 12.8 Å². The van der Waals surface area contributed by atoms with Gasteiger partial charge in [0.25, 0.3) is 0 Å². The highest BCUT2D eigenvalue weighted by Crippen LogP contribution is 2.27. The molecule has 1 fully saturated rings. The van der Waals surface area contributed by atoms with Gasteiger partial charge >= 0.3 is 0 Å². The third kappa shape index (κ3) is 4.97. The molecule has 0 amide bonds. The molecule has 0 bridgehead atoms. The normalized spacial score (nSPS) is 26.4. The highest BCUT2D eigenvalue weighted by molar-refractivity contribution is 4.76. The zero-order valence-electron chi connectivity index (χ0n) is 10.7. The molecule has 1 atom stereocenters. The van der Waals surface area contributed by atoms with Gasteiger partial charge in [-0.25, -0.2) is 5.48 Å². The molecule has 2 heteroatoms. The molecular weight excluding hydrogens is 174 g/mol. The van der Waals surface area contributed by atoms with Gasteiger partial charge in [0, 0.05) is 6.54 Å². The molecule has 0 aromatic heterocycles. The third-order valence-corrected chi connectivity index (χ3v) is 2.63. The number of hydroxylamine groups is 1. The van der Waals surface area contributed by atoms with Crippen molar-refractivity contribution in [1.82, 2.24) is 5.48 Å². The van der Waals surface area contributed by atoms with Gasteiger partial charge in [0.05, 0.1) is 6.10 Å². The monoisotopic (exact) mass is 201 g/mol. The van der Waals surface area contributed by atoms with Gasteiger partial charge in [0.1, 0.15) is 0 Å². The van der Waals surface area contributed by atoms with Crippen LogP contribution in [0.4, 0.5) is 0 Å². The molecule has 1 aliphatic heterocycles. The average Bonchev–Trinajstić information content (AvgIpc) is 2.30. The van der Waals surface area contributed by atoms with Crippen molar-refractivity contribution in [3.63, 3.8) is 0 Å². The van der Waals surface area contributed by atoms with Crippen LogP contribution < -0.4 is 5.48 Å². The number of rotatable bonds is 1. The van der Waals surface area contributed by atoms with Crippen LogP contribution in [0.3, 0.4) is 0 Å². The molecule has 14 heavy (non-hydrogen) atoms. The van der Waals surface area contributed by atoms with E-state index in [9.17, 15) is 0 Å². The highest BCUT2D eigenvalue weighted by atomic mass is 16.7. The second-order valence-corrected chi connectivity index (χ2v) is 4.92. The standard InChI is InChI=1S/C10H21NO.C2H6/c1-8(2)9-5-6-10(3,4)7-11-12-9;1-2/h8-9,11H,5-7H2,1-4H3;1-2H3. The molecule has 1 rings (SSSR count). The summed E-state index contributed by atoms with van der Waals surface area (Å²) < 4.78 is 0. The Bertz CT molecular complexity index is 143. The molecule has 0 aromatic carbocycles. The van der Waals surface area contributed by atoms with Crippen LogP contribution in [0, 0.1) is 11.3 Å². The Hall–Kier alpha value is -0.0800. The summed E-state index contributed by atoms with van der Waals surface area (Å²) in [5.41, 5.74) is 3.46. The predicted molar refractivity (Wildman–Crippen MR) is 62.1 cm³/mol. The van der Waals surface area contributed by atoms with E-state index in [0.717, 1.165) is 6.54 Å². The van der Waals surface area contributed by atoms with Crippen LogP contribution in [-0.2, 0) is 4.84 Å². The SMILES string of the molecule is CC.CC(C)C1CCC(C)(C)CNO1. The van der Waals surface area contributed by atoms with Gasteiger partial charge in [-0.3, -0.25) is 4.84 Å². The van der Waals surface area contributed by atoms with E-state index in [1.54, 1.807) is 0 Å². The molecule has 0 saturated carbocycles. The summed E-state index contributed by atoms with van der Waals surface area (Å²) in [6.07, 6.45) is 2.83. The molecule has 1 aliphatic rings. The topological polar surface area (TPSA) is 21.3 Å². The van der Waals surface area contributed by atoms with Crippen LogP contribution >= 0.6 is 0 Å². The van der Waals surface area contributed by atoms with Gasteiger partial charge in [0.2, 0.25) is 0 Å². The Morgan fingerprint density at radius 3 is 2.36 bits per heavy atom. The molecule has 86 valence electrons. The minimum Gasteiger partial charge on any atom is -0.298 e. The van der Waals surface area contributed by atoms with E-state index in [0.29, 0.717) is 17.4 Å². The summed E-state index contributed by atoms with van der Waals surface area (Å²) in [4.78, 5) is 5.55. The second kappa shape index (κ2) is 6.41. The zero-order valence-corrected chi connectivity index (χ0v) is 10.7. The van der Waals surface area contributed by atoms with Crippen molar-refractivity contribution in [3.8, 4) is 0 Å².